The van der Waals surface area contributed by atoms with Crippen molar-refractivity contribution in [1.82, 2.24) is 5.32 Å². The summed E-state index contributed by atoms with van der Waals surface area (Å²) in [6.07, 6.45) is 7.44. The van der Waals surface area contributed by atoms with Gasteiger partial charge in [0.25, 0.3) is 0 Å². The maximum absolute atomic E-state index is 11.2. The number of aliphatic hydroxyl groups is 1. The van der Waals surface area contributed by atoms with Gasteiger partial charge in [0.15, 0.2) is 0 Å². The molecule has 0 bridgehead atoms. The molecule has 1 saturated carbocycles. The third-order valence-corrected chi connectivity index (χ3v) is 3.24. The van der Waals surface area contributed by atoms with Crippen LogP contribution in [0.4, 0.5) is 0 Å². The van der Waals surface area contributed by atoms with Gasteiger partial charge >= 0.3 is 0 Å². The third kappa shape index (κ3) is 3.53. The Hall–Kier alpha value is -1.42. The van der Waals surface area contributed by atoms with E-state index < -0.39 is 5.60 Å². The number of allylic oxidation sites excluding steroid dienone is 1. The molecule has 0 aromatic heterocycles. The van der Waals surface area contributed by atoms with Crippen LogP contribution in [0.25, 0.3) is 0 Å². The maximum Gasteiger partial charge on any atom is 0.243 e. The highest BCUT2D eigenvalue weighted by Gasteiger charge is 2.38. The predicted octanol–water partition coefficient (Wildman–Crippen LogP) is 1.42. The van der Waals surface area contributed by atoms with E-state index in [4.69, 9.17) is 0 Å². The summed E-state index contributed by atoms with van der Waals surface area (Å²) in [4.78, 5) is 14.9. The largest absolute Gasteiger partial charge is 0.390 e. The van der Waals surface area contributed by atoms with Crippen LogP contribution in [0.2, 0.25) is 0 Å². The van der Waals surface area contributed by atoms with Crippen LogP contribution in [0.15, 0.2) is 28.9 Å². The van der Waals surface area contributed by atoms with Gasteiger partial charge in [-0.05, 0) is 38.5 Å². The smallest absolute Gasteiger partial charge is 0.243 e. The van der Waals surface area contributed by atoms with Crippen molar-refractivity contribution in [1.29, 1.82) is 0 Å². The van der Waals surface area contributed by atoms with E-state index in [1.807, 2.05) is 6.92 Å². The number of nitrogens with zero attached hydrogens (tertiary/aromatic N) is 1. The molecule has 1 aliphatic rings. The quantitative estimate of drug-likeness (QED) is 0.440. The van der Waals surface area contributed by atoms with E-state index in [-0.39, 0.29) is 11.8 Å². The van der Waals surface area contributed by atoms with Crippen molar-refractivity contribution in [3.8, 4) is 0 Å². The molecule has 1 rings (SSSR count). The molecule has 0 aliphatic heterocycles. The minimum atomic E-state index is -0.719. The number of likely N-dealkylation sites (N-methyl/N-ethyl adjacent to an activating group) is 1. The minimum absolute atomic E-state index is 0.0221. The summed E-state index contributed by atoms with van der Waals surface area (Å²) < 4.78 is 0. The van der Waals surface area contributed by atoms with Crippen LogP contribution >= 0.6 is 0 Å². The lowest BCUT2D eigenvalue weighted by molar-refractivity contribution is -0.116. The van der Waals surface area contributed by atoms with Gasteiger partial charge in [-0.1, -0.05) is 6.08 Å². The molecule has 1 aliphatic carbocycles. The molecule has 2 atom stereocenters. The maximum atomic E-state index is 11.2. The Morgan fingerprint density at radius 1 is 1.59 bits per heavy atom. The van der Waals surface area contributed by atoms with E-state index in [1.54, 1.807) is 19.3 Å². The first-order valence-corrected chi connectivity index (χ1v) is 5.79. The second-order valence-corrected chi connectivity index (χ2v) is 4.56. The summed E-state index contributed by atoms with van der Waals surface area (Å²) in [6.45, 7) is 5.25. The first-order valence-electron chi connectivity index (χ1n) is 5.79. The Morgan fingerprint density at radius 3 is 2.76 bits per heavy atom. The lowest BCUT2D eigenvalue weighted by Gasteiger charge is -2.26. The molecule has 4 nitrogen and oxygen atoms in total. The number of carbonyl (C=O) groups excluding carboxylic acids is 1. The second kappa shape index (κ2) is 5.77. The predicted molar refractivity (Wildman–Crippen MR) is 68.8 cm³/mol. The van der Waals surface area contributed by atoms with Gasteiger partial charge < -0.3 is 10.4 Å². The highest BCUT2D eigenvalue weighted by Crippen LogP contribution is 2.40. The summed E-state index contributed by atoms with van der Waals surface area (Å²) in [5.41, 5.74) is 0.134. The molecule has 0 saturated heterocycles. The van der Waals surface area contributed by atoms with Crippen molar-refractivity contribution in [2.24, 2.45) is 10.9 Å². The van der Waals surface area contributed by atoms with Crippen molar-refractivity contribution in [3.05, 3.63) is 23.9 Å². The number of hydrogen-bond acceptors (Lipinski definition) is 3. The van der Waals surface area contributed by atoms with Crippen LogP contribution in [-0.4, -0.2) is 30.4 Å². The average molecular weight is 236 g/mol. The molecule has 0 spiro atoms. The van der Waals surface area contributed by atoms with Gasteiger partial charge in [0.05, 0.1) is 5.60 Å². The van der Waals surface area contributed by atoms with Crippen molar-refractivity contribution in [2.75, 3.05) is 7.05 Å². The molecule has 0 heterocycles. The molecule has 0 radical (unpaired) electrons. The van der Waals surface area contributed by atoms with Gasteiger partial charge in [0.1, 0.15) is 0 Å². The normalized spacial score (nSPS) is 29.6. The molecule has 0 aromatic rings. The van der Waals surface area contributed by atoms with Crippen LogP contribution in [0.1, 0.15) is 26.2 Å². The van der Waals surface area contributed by atoms with Crippen LogP contribution in [0, 0.1) is 5.92 Å². The number of hydrogen-bond donors (Lipinski definition) is 2. The van der Waals surface area contributed by atoms with Crippen LogP contribution in [0.5, 0.6) is 0 Å². The van der Waals surface area contributed by atoms with Gasteiger partial charge in [-0.25, -0.2) is 0 Å². The van der Waals surface area contributed by atoms with Crippen molar-refractivity contribution < 1.29 is 9.90 Å². The number of amides is 1. The van der Waals surface area contributed by atoms with Gasteiger partial charge in [-0.2, -0.15) is 0 Å². The van der Waals surface area contributed by atoms with Crippen molar-refractivity contribution in [2.45, 2.75) is 31.8 Å². The number of carbonyl (C=O) groups is 1. The van der Waals surface area contributed by atoms with Crippen LogP contribution < -0.4 is 5.32 Å². The monoisotopic (exact) mass is 236 g/mol. The Labute approximate surface area is 102 Å². The third-order valence-electron chi connectivity index (χ3n) is 3.24. The van der Waals surface area contributed by atoms with E-state index in [2.05, 4.69) is 17.0 Å². The van der Waals surface area contributed by atoms with E-state index >= 15 is 0 Å². The van der Waals surface area contributed by atoms with E-state index in [0.29, 0.717) is 0 Å². The molecule has 4 heteroatoms. The first-order chi connectivity index (χ1) is 8.01. The summed E-state index contributed by atoms with van der Waals surface area (Å²) in [5.74, 6) is -0.147. The second-order valence-electron chi connectivity index (χ2n) is 4.56. The molecule has 2 N–H and O–H groups in total. The van der Waals surface area contributed by atoms with Gasteiger partial charge in [0, 0.05) is 25.2 Å². The fraction of sp³-hybridized carbons (Fsp3) is 0.538. The summed E-state index contributed by atoms with van der Waals surface area (Å²) in [5, 5.41) is 12.7. The van der Waals surface area contributed by atoms with Gasteiger partial charge in [0.2, 0.25) is 5.91 Å². The molecule has 17 heavy (non-hydrogen) atoms. The molecule has 0 aromatic carbocycles. The Morgan fingerprint density at radius 2 is 2.29 bits per heavy atom. The van der Waals surface area contributed by atoms with Crippen molar-refractivity contribution >= 4 is 12.6 Å². The summed E-state index contributed by atoms with van der Waals surface area (Å²) in [6, 6.07) is 0. The lowest BCUT2D eigenvalue weighted by Crippen LogP contribution is -2.29. The number of nitrogens with one attached hydrogen (secondary N) is 1. The first kappa shape index (κ1) is 13.6. The van der Waals surface area contributed by atoms with Crippen LogP contribution in [0.3, 0.4) is 0 Å². The molecule has 1 amide bonds. The van der Waals surface area contributed by atoms with E-state index in [0.717, 1.165) is 24.8 Å². The van der Waals surface area contributed by atoms with Crippen molar-refractivity contribution in [3.63, 3.8) is 0 Å². The SMILES string of the molecule is C=N/C=C(/C=C\C(=O)NC)C1CCC[C@@]1(C)O. The Balaban J connectivity index is 2.87. The number of aliphatic imine (C=N–C) groups is 1. The van der Waals surface area contributed by atoms with E-state index in [9.17, 15) is 9.90 Å². The molecular formula is C13H20N2O2. The summed E-state index contributed by atoms with van der Waals surface area (Å²) in [7, 11) is 1.58. The average Bonchev–Trinajstić information content (AvgIpc) is 2.63. The standard InChI is InChI=1S/C13H20N2O2/c1-13(17)8-4-5-11(13)10(9-14-2)6-7-12(16)15-3/h6-7,9,11,17H,2,4-5,8H2,1,3H3,(H,15,16)/b7-6-,10-9-/t11?,13-/m1/s1. The fourth-order valence-electron chi connectivity index (χ4n) is 2.28. The molecule has 1 unspecified atom stereocenters. The highest BCUT2D eigenvalue weighted by atomic mass is 16.3. The topological polar surface area (TPSA) is 61.7 Å². The Bertz CT molecular complexity index is 356. The zero-order valence-corrected chi connectivity index (χ0v) is 10.4. The Kier molecular flexibility index (Phi) is 4.63. The summed E-state index contributed by atoms with van der Waals surface area (Å²) >= 11 is 0. The number of rotatable bonds is 4. The minimum Gasteiger partial charge on any atom is -0.390 e. The van der Waals surface area contributed by atoms with Crippen LogP contribution in [-0.2, 0) is 4.79 Å². The fourth-order valence-corrected chi connectivity index (χ4v) is 2.28. The lowest BCUT2D eigenvalue weighted by atomic mass is 9.86. The van der Waals surface area contributed by atoms with Gasteiger partial charge in [-0.3, -0.25) is 9.79 Å². The molecule has 94 valence electrons. The van der Waals surface area contributed by atoms with Gasteiger partial charge in [-0.15, -0.1) is 0 Å². The molecule has 1 fully saturated rings. The zero-order chi connectivity index (χ0) is 12.9. The zero-order valence-electron chi connectivity index (χ0n) is 10.4. The molecular weight excluding hydrogens is 216 g/mol. The highest BCUT2D eigenvalue weighted by molar-refractivity contribution is 5.87. The van der Waals surface area contributed by atoms with E-state index in [1.165, 1.54) is 6.08 Å².